The van der Waals surface area contributed by atoms with Gasteiger partial charge in [-0.25, -0.2) is 0 Å². The van der Waals surface area contributed by atoms with Gasteiger partial charge in [0.05, 0.1) is 0 Å². The maximum Gasteiger partial charge on any atom is 0.168 e. The van der Waals surface area contributed by atoms with Crippen LogP contribution in [-0.4, -0.2) is 5.78 Å². The summed E-state index contributed by atoms with van der Waals surface area (Å²) < 4.78 is 0. The molecule has 0 spiro atoms. The lowest BCUT2D eigenvalue weighted by Gasteiger charge is -2.13. The number of hydrogen-bond acceptors (Lipinski definition) is 2. The molecule has 16 heavy (non-hydrogen) atoms. The van der Waals surface area contributed by atoms with Crippen LogP contribution in [-0.2, 0) is 4.79 Å². The van der Waals surface area contributed by atoms with Gasteiger partial charge in [-0.3, -0.25) is 4.79 Å². The first-order chi connectivity index (χ1) is 7.84. The van der Waals surface area contributed by atoms with Gasteiger partial charge < -0.3 is 5.32 Å². The number of hydrogen-bond donors (Lipinski definition) is 1. The van der Waals surface area contributed by atoms with Gasteiger partial charge in [0.15, 0.2) is 5.78 Å². The number of anilines is 1. The van der Waals surface area contributed by atoms with E-state index in [9.17, 15) is 4.79 Å². The van der Waals surface area contributed by atoms with Gasteiger partial charge in [0.25, 0.3) is 0 Å². The molecule has 0 saturated carbocycles. The highest BCUT2D eigenvalue weighted by Crippen LogP contribution is 2.27. The van der Waals surface area contributed by atoms with Crippen molar-refractivity contribution in [2.75, 3.05) is 5.32 Å². The zero-order valence-corrected chi connectivity index (χ0v) is 8.73. The summed E-state index contributed by atoms with van der Waals surface area (Å²) in [5, 5.41) is 3.30. The van der Waals surface area contributed by atoms with E-state index in [1.807, 2.05) is 48.6 Å². The molecule has 1 aliphatic heterocycles. The standard InChI is InChI=1S/C14H11NO/c16-14-7-3-6-13-11(14)9-8-10-4-1-2-5-12(10)15-13/h1-6,8-9,15H,7H2. The molecular weight excluding hydrogens is 198 g/mol. The normalized spacial score (nSPS) is 17.6. The molecule has 1 aromatic rings. The Morgan fingerprint density at radius 1 is 1.06 bits per heavy atom. The molecule has 0 atom stereocenters. The fraction of sp³-hybridized carbons (Fsp3) is 0.0714. The molecule has 2 nitrogen and oxygen atoms in total. The molecule has 0 saturated heterocycles. The highest BCUT2D eigenvalue weighted by Gasteiger charge is 2.17. The van der Waals surface area contributed by atoms with Crippen LogP contribution in [0.5, 0.6) is 0 Å². The Hall–Kier alpha value is -2.09. The Labute approximate surface area is 94.0 Å². The number of rotatable bonds is 0. The number of fused-ring (bicyclic) bond motifs is 1. The fourth-order valence-electron chi connectivity index (χ4n) is 2.00. The highest BCUT2D eigenvalue weighted by molar-refractivity contribution is 6.03. The molecule has 0 amide bonds. The first kappa shape index (κ1) is 9.16. The maximum absolute atomic E-state index is 11.7. The van der Waals surface area contributed by atoms with Crippen LogP contribution in [0, 0.1) is 0 Å². The number of para-hydroxylation sites is 1. The van der Waals surface area contributed by atoms with Crippen molar-refractivity contribution < 1.29 is 4.79 Å². The fourth-order valence-corrected chi connectivity index (χ4v) is 2.00. The molecule has 2 aliphatic rings. The number of carbonyl (C=O) groups excluding carboxylic acids is 1. The van der Waals surface area contributed by atoms with Gasteiger partial charge in [-0.05, 0) is 23.8 Å². The lowest BCUT2D eigenvalue weighted by molar-refractivity contribution is -0.114. The average Bonchev–Trinajstić information content (AvgIpc) is 2.48. The molecule has 0 bridgehead atoms. The SMILES string of the molecule is O=C1CC=CC2=C1C=Cc1ccccc1N2. The lowest BCUT2D eigenvalue weighted by atomic mass is 10.0. The van der Waals surface area contributed by atoms with Crippen LogP contribution in [0.2, 0.25) is 0 Å². The molecule has 2 heteroatoms. The van der Waals surface area contributed by atoms with Crippen molar-refractivity contribution in [2.45, 2.75) is 6.42 Å². The Balaban J connectivity index is 2.13. The van der Waals surface area contributed by atoms with Crippen molar-refractivity contribution in [1.82, 2.24) is 0 Å². The minimum Gasteiger partial charge on any atom is -0.354 e. The van der Waals surface area contributed by atoms with Gasteiger partial charge >= 0.3 is 0 Å². The van der Waals surface area contributed by atoms with E-state index < -0.39 is 0 Å². The van der Waals surface area contributed by atoms with Crippen LogP contribution in [0.3, 0.4) is 0 Å². The number of carbonyl (C=O) groups is 1. The van der Waals surface area contributed by atoms with E-state index in [0.29, 0.717) is 6.42 Å². The lowest BCUT2D eigenvalue weighted by Crippen LogP contribution is -2.10. The molecule has 0 aromatic heterocycles. The number of benzene rings is 1. The highest BCUT2D eigenvalue weighted by atomic mass is 16.1. The van der Waals surface area contributed by atoms with Gasteiger partial charge in [-0.1, -0.05) is 30.4 Å². The summed E-state index contributed by atoms with van der Waals surface area (Å²) in [6.07, 6.45) is 8.27. The predicted molar refractivity (Wildman–Crippen MR) is 64.9 cm³/mol. The van der Waals surface area contributed by atoms with Crippen LogP contribution in [0.15, 0.2) is 53.8 Å². The molecule has 0 radical (unpaired) electrons. The quantitative estimate of drug-likeness (QED) is 0.711. The summed E-state index contributed by atoms with van der Waals surface area (Å²) in [7, 11) is 0. The first-order valence-electron chi connectivity index (χ1n) is 5.33. The van der Waals surface area contributed by atoms with E-state index in [2.05, 4.69) is 5.32 Å². The molecule has 0 fully saturated rings. The topological polar surface area (TPSA) is 29.1 Å². The molecule has 1 aromatic carbocycles. The first-order valence-corrected chi connectivity index (χ1v) is 5.33. The molecule has 78 valence electrons. The van der Waals surface area contributed by atoms with E-state index >= 15 is 0 Å². The summed E-state index contributed by atoms with van der Waals surface area (Å²) in [5.74, 6) is 0.175. The third kappa shape index (κ3) is 1.39. The van der Waals surface area contributed by atoms with Crippen LogP contribution in [0.1, 0.15) is 12.0 Å². The van der Waals surface area contributed by atoms with E-state index in [4.69, 9.17) is 0 Å². The molecule has 3 rings (SSSR count). The minimum atomic E-state index is 0.175. The minimum absolute atomic E-state index is 0.175. The largest absolute Gasteiger partial charge is 0.354 e. The summed E-state index contributed by atoms with van der Waals surface area (Å²) >= 11 is 0. The van der Waals surface area contributed by atoms with Gasteiger partial charge in [-0.2, -0.15) is 0 Å². The third-order valence-electron chi connectivity index (χ3n) is 2.84. The van der Waals surface area contributed by atoms with Crippen molar-refractivity contribution in [3.05, 3.63) is 59.3 Å². The van der Waals surface area contributed by atoms with Gasteiger partial charge in [-0.15, -0.1) is 0 Å². The number of nitrogens with one attached hydrogen (secondary N) is 1. The average molecular weight is 209 g/mol. The molecule has 1 N–H and O–H groups in total. The second kappa shape index (κ2) is 3.49. The number of Topliss-reactive ketones (excluding diaryl/α,β-unsaturated/α-hetero) is 1. The third-order valence-corrected chi connectivity index (χ3v) is 2.84. The van der Waals surface area contributed by atoms with Crippen molar-refractivity contribution >= 4 is 17.5 Å². The summed E-state index contributed by atoms with van der Waals surface area (Å²) in [6.45, 7) is 0. The van der Waals surface area contributed by atoms with Crippen molar-refractivity contribution in [2.24, 2.45) is 0 Å². The van der Waals surface area contributed by atoms with Gasteiger partial charge in [0, 0.05) is 23.4 Å². The number of allylic oxidation sites excluding steroid dienone is 4. The van der Waals surface area contributed by atoms with Crippen LogP contribution in [0.4, 0.5) is 5.69 Å². The van der Waals surface area contributed by atoms with Crippen molar-refractivity contribution in [1.29, 1.82) is 0 Å². The second-order valence-electron chi connectivity index (χ2n) is 3.90. The van der Waals surface area contributed by atoms with Gasteiger partial charge in [0.2, 0.25) is 0 Å². The van der Waals surface area contributed by atoms with Crippen LogP contribution < -0.4 is 5.32 Å². The zero-order valence-electron chi connectivity index (χ0n) is 8.73. The molecule has 0 unspecified atom stereocenters. The molecular formula is C14H11NO. The van der Waals surface area contributed by atoms with E-state index in [-0.39, 0.29) is 5.78 Å². The van der Waals surface area contributed by atoms with Gasteiger partial charge in [0.1, 0.15) is 0 Å². The predicted octanol–water partition coefficient (Wildman–Crippen LogP) is 2.91. The monoisotopic (exact) mass is 209 g/mol. The zero-order chi connectivity index (χ0) is 11.0. The Kier molecular flexibility index (Phi) is 2.00. The Morgan fingerprint density at radius 2 is 1.94 bits per heavy atom. The molecule has 1 aliphatic carbocycles. The van der Waals surface area contributed by atoms with E-state index in [0.717, 1.165) is 22.5 Å². The van der Waals surface area contributed by atoms with Crippen LogP contribution >= 0.6 is 0 Å². The van der Waals surface area contributed by atoms with Crippen LogP contribution in [0.25, 0.3) is 6.08 Å². The van der Waals surface area contributed by atoms with E-state index in [1.165, 1.54) is 0 Å². The second-order valence-corrected chi connectivity index (χ2v) is 3.90. The Morgan fingerprint density at radius 3 is 2.88 bits per heavy atom. The van der Waals surface area contributed by atoms with Crippen molar-refractivity contribution in [3.63, 3.8) is 0 Å². The smallest absolute Gasteiger partial charge is 0.168 e. The molecule has 1 heterocycles. The summed E-state index contributed by atoms with van der Waals surface area (Å²) in [4.78, 5) is 11.7. The van der Waals surface area contributed by atoms with Crippen molar-refractivity contribution in [3.8, 4) is 0 Å². The summed E-state index contributed by atoms with van der Waals surface area (Å²) in [6, 6.07) is 8.03. The Bertz CT molecular complexity index is 550. The summed E-state index contributed by atoms with van der Waals surface area (Å²) in [5.41, 5.74) is 3.83. The van der Waals surface area contributed by atoms with E-state index in [1.54, 1.807) is 0 Å². The maximum atomic E-state index is 11.7. The number of ketones is 1.